The molecule has 6 heteroatoms. The van der Waals surface area contributed by atoms with Gasteiger partial charge in [0.1, 0.15) is 5.01 Å². The third-order valence-corrected chi connectivity index (χ3v) is 3.85. The number of hydrogen-bond acceptors (Lipinski definition) is 6. The average molecular weight is 256 g/mol. The van der Waals surface area contributed by atoms with E-state index in [-0.39, 0.29) is 0 Å². The molecule has 1 fully saturated rings. The van der Waals surface area contributed by atoms with Crippen LogP contribution in [-0.4, -0.2) is 46.4 Å². The maximum atomic E-state index is 9.09. The number of hydrogen-bond donors (Lipinski definition) is 2. The van der Waals surface area contributed by atoms with Crippen LogP contribution in [0.5, 0.6) is 0 Å². The minimum atomic E-state index is 0.302. The number of aliphatic hydroxyl groups is 1. The van der Waals surface area contributed by atoms with Crippen LogP contribution < -0.4 is 5.32 Å². The Morgan fingerprint density at radius 3 is 3.12 bits per heavy atom. The van der Waals surface area contributed by atoms with Gasteiger partial charge in [0.05, 0.1) is 6.54 Å². The van der Waals surface area contributed by atoms with E-state index in [9.17, 15) is 0 Å². The number of aromatic nitrogens is 2. The Morgan fingerprint density at radius 2 is 2.41 bits per heavy atom. The lowest BCUT2D eigenvalue weighted by atomic mass is 10.1. The number of aliphatic hydroxyl groups excluding tert-OH is 1. The van der Waals surface area contributed by atoms with E-state index in [1.807, 2.05) is 0 Å². The van der Waals surface area contributed by atoms with Crippen molar-refractivity contribution in [2.24, 2.45) is 5.92 Å². The van der Waals surface area contributed by atoms with E-state index < -0.39 is 0 Å². The van der Waals surface area contributed by atoms with Crippen LogP contribution in [0, 0.1) is 5.92 Å². The molecule has 0 aliphatic carbocycles. The normalized spacial score (nSPS) is 20.9. The summed E-state index contributed by atoms with van der Waals surface area (Å²) in [5.74, 6) is 0.445. The molecular weight excluding hydrogens is 236 g/mol. The van der Waals surface area contributed by atoms with Gasteiger partial charge in [0, 0.05) is 19.7 Å². The molecule has 1 atom stereocenters. The zero-order valence-electron chi connectivity index (χ0n) is 10.2. The first kappa shape index (κ1) is 12.7. The number of rotatable bonds is 6. The van der Waals surface area contributed by atoms with Gasteiger partial charge in [-0.15, -0.1) is 10.2 Å². The van der Waals surface area contributed by atoms with E-state index in [4.69, 9.17) is 5.11 Å². The van der Waals surface area contributed by atoms with Crippen molar-refractivity contribution in [3.8, 4) is 0 Å². The van der Waals surface area contributed by atoms with Crippen molar-refractivity contribution in [3.05, 3.63) is 5.01 Å². The summed E-state index contributed by atoms with van der Waals surface area (Å²) in [4.78, 5) is 2.34. The van der Waals surface area contributed by atoms with Crippen LogP contribution in [0.4, 0.5) is 5.13 Å². The highest BCUT2D eigenvalue weighted by molar-refractivity contribution is 7.15. The van der Waals surface area contributed by atoms with Crippen molar-refractivity contribution in [1.29, 1.82) is 0 Å². The number of nitrogens with one attached hydrogen (secondary N) is 1. The van der Waals surface area contributed by atoms with E-state index in [2.05, 4.69) is 27.3 Å². The Morgan fingerprint density at radius 1 is 1.53 bits per heavy atom. The third-order valence-electron chi connectivity index (χ3n) is 2.98. The smallest absolute Gasteiger partial charge is 0.205 e. The first-order valence-corrected chi connectivity index (χ1v) is 7.03. The van der Waals surface area contributed by atoms with Gasteiger partial charge in [-0.25, -0.2) is 0 Å². The van der Waals surface area contributed by atoms with Crippen molar-refractivity contribution in [3.63, 3.8) is 0 Å². The molecule has 2 rings (SSSR count). The maximum Gasteiger partial charge on any atom is 0.205 e. The molecule has 0 radical (unpaired) electrons. The fourth-order valence-electron chi connectivity index (χ4n) is 2.02. The van der Waals surface area contributed by atoms with Gasteiger partial charge in [-0.1, -0.05) is 18.3 Å². The van der Waals surface area contributed by atoms with Crippen molar-refractivity contribution >= 4 is 16.5 Å². The second-order valence-electron chi connectivity index (χ2n) is 4.50. The minimum Gasteiger partial charge on any atom is -0.396 e. The number of anilines is 1. The Labute approximate surface area is 106 Å². The summed E-state index contributed by atoms with van der Waals surface area (Å²) in [5.41, 5.74) is 0. The third kappa shape index (κ3) is 3.62. The maximum absolute atomic E-state index is 9.09. The zero-order chi connectivity index (χ0) is 12.1. The summed E-state index contributed by atoms with van der Waals surface area (Å²) in [5, 5.41) is 22.6. The van der Waals surface area contributed by atoms with Gasteiger partial charge in [0.25, 0.3) is 0 Å². The summed E-state index contributed by atoms with van der Waals surface area (Å²) < 4.78 is 0. The predicted octanol–water partition coefficient (Wildman–Crippen LogP) is 1.17. The first-order valence-electron chi connectivity index (χ1n) is 6.21. The lowest BCUT2D eigenvalue weighted by Crippen LogP contribution is -2.20. The summed E-state index contributed by atoms with van der Waals surface area (Å²) in [6.07, 6.45) is 2.19. The molecule has 1 aromatic heterocycles. The van der Waals surface area contributed by atoms with E-state index in [1.165, 1.54) is 0 Å². The van der Waals surface area contributed by atoms with E-state index in [0.717, 1.165) is 49.2 Å². The molecule has 1 unspecified atom stereocenters. The highest BCUT2D eigenvalue weighted by Crippen LogP contribution is 2.21. The fourth-order valence-corrected chi connectivity index (χ4v) is 2.83. The number of likely N-dealkylation sites (tertiary alicyclic amines) is 1. The first-order chi connectivity index (χ1) is 8.31. The summed E-state index contributed by atoms with van der Waals surface area (Å²) in [6, 6.07) is 0. The monoisotopic (exact) mass is 256 g/mol. The van der Waals surface area contributed by atoms with Gasteiger partial charge < -0.3 is 10.4 Å². The SMILES string of the molecule is CCCNc1nnc(CN2CCC(CO)C2)s1. The topological polar surface area (TPSA) is 61.3 Å². The molecule has 2 heterocycles. The zero-order valence-corrected chi connectivity index (χ0v) is 11.0. The summed E-state index contributed by atoms with van der Waals surface area (Å²) >= 11 is 1.63. The lowest BCUT2D eigenvalue weighted by Gasteiger charge is -2.12. The average Bonchev–Trinajstić information content (AvgIpc) is 2.96. The summed E-state index contributed by atoms with van der Waals surface area (Å²) in [6.45, 7) is 6.29. The van der Waals surface area contributed by atoms with Gasteiger partial charge >= 0.3 is 0 Å². The second kappa shape index (κ2) is 6.28. The molecule has 96 valence electrons. The van der Waals surface area contributed by atoms with Crippen LogP contribution in [0.1, 0.15) is 24.8 Å². The van der Waals surface area contributed by atoms with Crippen LogP contribution in [0.3, 0.4) is 0 Å². The molecule has 0 bridgehead atoms. The standard InChI is InChI=1S/C11H20N4OS/c1-2-4-12-11-14-13-10(17-11)7-15-5-3-9(6-15)8-16/h9,16H,2-8H2,1H3,(H,12,14). The van der Waals surface area contributed by atoms with Gasteiger partial charge in [0.2, 0.25) is 5.13 Å². The van der Waals surface area contributed by atoms with Crippen LogP contribution in [0.2, 0.25) is 0 Å². The Balaban J connectivity index is 1.80. The minimum absolute atomic E-state index is 0.302. The molecule has 1 aromatic rings. The van der Waals surface area contributed by atoms with Crippen LogP contribution >= 0.6 is 11.3 Å². The molecule has 0 saturated carbocycles. The van der Waals surface area contributed by atoms with E-state index in [0.29, 0.717) is 12.5 Å². The molecule has 0 amide bonds. The molecule has 2 N–H and O–H groups in total. The molecule has 0 aromatic carbocycles. The number of nitrogens with zero attached hydrogens (tertiary/aromatic N) is 3. The summed E-state index contributed by atoms with van der Waals surface area (Å²) in [7, 11) is 0. The molecule has 5 nitrogen and oxygen atoms in total. The van der Waals surface area contributed by atoms with E-state index in [1.54, 1.807) is 11.3 Å². The molecule has 1 aliphatic rings. The highest BCUT2D eigenvalue weighted by atomic mass is 32.1. The van der Waals surface area contributed by atoms with Crippen molar-refractivity contribution in [2.45, 2.75) is 26.3 Å². The van der Waals surface area contributed by atoms with Crippen LogP contribution in [0.15, 0.2) is 0 Å². The predicted molar refractivity (Wildman–Crippen MR) is 69.2 cm³/mol. The highest BCUT2D eigenvalue weighted by Gasteiger charge is 2.22. The molecule has 1 saturated heterocycles. The fraction of sp³-hybridized carbons (Fsp3) is 0.818. The Kier molecular flexibility index (Phi) is 4.70. The van der Waals surface area contributed by atoms with Crippen molar-refractivity contribution in [2.75, 3.05) is 31.6 Å². The van der Waals surface area contributed by atoms with Gasteiger partial charge in [0.15, 0.2) is 0 Å². The molecule has 1 aliphatic heterocycles. The van der Waals surface area contributed by atoms with Crippen molar-refractivity contribution in [1.82, 2.24) is 15.1 Å². The lowest BCUT2D eigenvalue weighted by molar-refractivity contribution is 0.220. The van der Waals surface area contributed by atoms with Gasteiger partial charge in [-0.05, 0) is 25.3 Å². The molecule has 0 spiro atoms. The Bertz CT molecular complexity index is 344. The molecular formula is C11H20N4OS. The van der Waals surface area contributed by atoms with Crippen molar-refractivity contribution < 1.29 is 5.11 Å². The van der Waals surface area contributed by atoms with E-state index >= 15 is 0 Å². The Hall–Kier alpha value is -0.720. The quantitative estimate of drug-likeness (QED) is 0.800. The van der Waals surface area contributed by atoms with Crippen LogP contribution in [0.25, 0.3) is 0 Å². The largest absolute Gasteiger partial charge is 0.396 e. The second-order valence-corrected chi connectivity index (χ2v) is 5.56. The molecule has 17 heavy (non-hydrogen) atoms. The van der Waals surface area contributed by atoms with Gasteiger partial charge in [-0.3, -0.25) is 4.90 Å². The van der Waals surface area contributed by atoms with Gasteiger partial charge in [-0.2, -0.15) is 0 Å². The van der Waals surface area contributed by atoms with Crippen LogP contribution in [-0.2, 0) is 6.54 Å².